The molecule has 0 radical (unpaired) electrons. The van der Waals surface area contributed by atoms with Crippen LogP contribution < -0.4 is 15.4 Å². The van der Waals surface area contributed by atoms with Gasteiger partial charge in [0.05, 0.1) is 23.5 Å². The van der Waals surface area contributed by atoms with Gasteiger partial charge in [-0.15, -0.1) is 10.2 Å². The second-order valence-corrected chi connectivity index (χ2v) is 6.09. The van der Waals surface area contributed by atoms with Crippen LogP contribution in [-0.4, -0.2) is 23.3 Å². The van der Waals surface area contributed by atoms with Gasteiger partial charge in [-0.25, -0.2) is 4.79 Å². The first-order chi connectivity index (χ1) is 12.5. The molecular formula is C18H14Cl2N4O2. The van der Waals surface area contributed by atoms with Gasteiger partial charge in [0.1, 0.15) is 0 Å². The Kier molecular flexibility index (Phi) is 5.55. The Morgan fingerprint density at radius 2 is 1.73 bits per heavy atom. The molecule has 2 N–H and O–H groups in total. The number of carbonyl (C=O) groups excluding carboxylic acids is 1. The summed E-state index contributed by atoms with van der Waals surface area (Å²) < 4.78 is 4.99. The lowest BCUT2D eigenvalue weighted by atomic mass is 10.1. The summed E-state index contributed by atoms with van der Waals surface area (Å²) in [5.41, 5.74) is 2.66. The molecule has 8 heteroatoms. The highest BCUT2D eigenvalue weighted by atomic mass is 35.5. The molecule has 0 spiro atoms. The van der Waals surface area contributed by atoms with E-state index in [9.17, 15) is 4.79 Å². The maximum absolute atomic E-state index is 12.1. The molecule has 0 aliphatic carbocycles. The molecule has 0 aliphatic heterocycles. The fourth-order valence-corrected chi connectivity index (χ4v) is 2.64. The van der Waals surface area contributed by atoms with Crippen molar-refractivity contribution in [3.8, 4) is 17.1 Å². The number of rotatable bonds is 4. The highest BCUT2D eigenvalue weighted by Crippen LogP contribution is 2.26. The van der Waals surface area contributed by atoms with Crippen molar-refractivity contribution in [3.63, 3.8) is 0 Å². The predicted molar refractivity (Wildman–Crippen MR) is 103 cm³/mol. The fourth-order valence-electron chi connectivity index (χ4n) is 2.18. The largest absolute Gasteiger partial charge is 0.480 e. The molecule has 2 amide bonds. The number of urea groups is 1. The molecule has 0 fully saturated rings. The number of benzene rings is 2. The number of hydrogen-bond acceptors (Lipinski definition) is 4. The van der Waals surface area contributed by atoms with Gasteiger partial charge in [-0.05, 0) is 36.4 Å². The number of nitrogens with one attached hydrogen (secondary N) is 2. The van der Waals surface area contributed by atoms with Crippen LogP contribution in [0.3, 0.4) is 0 Å². The average Bonchev–Trinajstić information content (AvgIpc) is 2.65. The van der Waals surface area contributed by atoms with Crippen LogP contribution in [0.5, 0.6) is 5.88 Å². The summed E-state index contributed by atoms with van der Waals surface area (Å²) in [5, 5.41) is 14.3. The minimum Gasteiger partial charge on any atom is -0.480 e. The topological polar surface area (TPSA) is 76.1 Å². The van der Waals surface area contributed by atoms with Gasteiger partial charge in [-0.3, -0.25) is 0 Å². The first-order valence-electron chi connectivity index (χ1n) is 7.56. The SMILES string of the molecule is COc1ccc(-c2ccc(NC(=O)Nc3ccc(Cl)cc3Cl)cc2)nn1. The summed E-state index contributed by atoms with van der Waals surface area (Å²) in [6, 6.07) is 15.2. The van der Waals surface area contributed by atoms with Crippen LogP contribution >= 0.6 is 23.2 Å². The van der Waals surface area contributed by atoms with Crippen LogP contribution in [0.25, 0.3) is 11.3 Å². The van der Waals surface area contributed by atoms with Crippen molar-refractivity contribution in [2.24, 2.45) is 0 Å². The smallest absolute Gasteiger partial charge is 0.323 e. The van der Waals surface area contributed by atoms with Crippen molar-refractivity contribution < 1.29 is 9.53 Å². The van der Waals surface area contributed by atoms with E-state index in [0.717, 1.165) is 5.56 Å². The fraction of sp³-hybridized carbons (Fsp3) is 0.0556. The summed E-state index contributed by atoms with van der Waals surface area (Å²) in [7, 11) is 1.53. The average molecular weight is 389 g/mol. The lowest BCUT2D eigenvalue weighted by Crippen LogP contribution is -2.19. The number of hydrogen-bond donors (Lipinski definition) is 2. The third-order valence-corrected chi connectivity index (χ3v) is 4.01. The maximum atomic E-state index is 12.1. The first-order valence-corrected chi connectivity index (χ1v) is 8.32. The number of amides is 2. The van der Waals surface area contributed by atoms with Gasteiger partial charge in [0.25, 0.3) is 0 Å². The van der Waals surface area contributed by atoms with Gasteiger partial charge in [-0.2, -0.15) is 0 Å². The molecule has 3 rings (SSSR count). The molecule has 1 aromatic heterocycles. The second kappa shape index (κ2) is 8.03. The van der Waals surface area contributed by atoms with E-state index in [0.29, 0.717) is 33.0 Å². The third-order valence-electron chi connectivity index (χ3n) is 3.47. The van der Waals surface area contributed by atoms with E-state index in [2.05, 4.69) is 20.8 Å². The van der Waals surface area contributed by atoms with E-state index in [4.69, 9.17) is 27.9 Å². The molecule has 0 saturated carbocycles. The Morgan fingerprint density at radius 3 is 2.35 bits per heavy atom. The molecule has 0 saturated heterocycles. The number of halogens is 2. The van der Waals surface area contributed by atoms with Crippen molar-refractivity contribution in [1.82, 2.24) is 10.2 Å². The third kappa shape index (κ3) is 4.41. The summed E-state index contributed by atoms with van der Waals surface area (Å²) in [4.78, 5) is 12.1. The van der Waals surface area contributed by atoms with E-state index in [1.165, 1.54) is 7.11 Å². The van der Waals surface area contributed by atoms with E-state index in [1.54, 1.807) is 36.4 Å². The quantitative estimate of drug-likeness (QED) is 0.651. The molecular weight excluding hydrogens is 375 g/mol. The molecule has 2 aromatic carbocycles. The molecule has 0 atom stereocenters. The zero-order chi connectivity index (χ0) is 18.5. The zero-order valence-corrected chi connectivity index (χ0v) is 15.2. The van der Waals surface area contributed by atoms with E-state index >= 15 is 0 Å². The Balaban J connectivity index is 1.65. The van der Waals surface area contributed by atoms with Crippen LogP contribution in [0.4, 0.5) is 16.2 Å². The van der Waals surface area contributed by atoms with Crippen LogP contribution in [0.15, 0.2) is 54.6 Å². The Morgan fingerprint density at radius 1 is 0.962 bits per heavy atom. The van der Waals surface area contributed by atoms with Gasteiger partial charge >= 0.3 is 6.03 Å². The molecule has 0 bridgehead atoms. The van der Waals surface area contributed by atoms with Gasteiger partial charge in [0.15, 0.2) is 0 Å². The highest BCUT2D eigenvalue weighted by molar-refractivity contribution is 6.36. The highest BCUT2D eigenvalue weighted by Gasteiger charge is 2.07. The van der Waals surface area contributed by atoms with Gasteiger partial charge < -0.3 is 15.4 Å². The number of methoxy groups -OCH3 is 1. The molecule has 6 nitrogen and oxygen atoms in total. The molecule has 3 aromatic rings. The minimum absolute atomic E-state index is 0.362. The van der Waals surface area contributed by atoms with Crippen molar-refractivity contribution in [2.45, 2.75) is 0 Å². The van der Waals surface area contributed by atoms with Crippen molar-refractivity contribution >= 4 is 40.6 Å². The van der Waals surface area contributed by atoms with Crippen molar-refractivity contribution in [3.05, 3.63) is 64.6 Å². The summed E-state index contributed by atoms with van der Waals surface area (Å²) in [5.74, 6) is 0.449. The Bertz CT molecular complexity index is 915. The van der Waals surface area contributed by atoms with Crippen LogP contribution in [0.2, 0.25) is 10.0 Å². The number of nitrogens with zero attached hydrogens (tertiary/aromatic N) is 2. The van der Waals surface area contributed by atoms with Gasteiger partial charge in [-0.1, -0.05) is 35.3 Å². The predicted octanol–water partition coefficient (Wildman–Crippen LogP) is 5.10. The zero-order valence-electron chi connectivity index (χ0n) is 13.7. The van der Waals surface area contributed by atoms with Gasteiger partial charge in [0.2, 0.25) is 5.88 Å². The summed E-state index contributed by atoms with van der Waals surface area (Å²) in [6.45, 7) is 0. The minimum atomic E-state index is -0.411. The Labute approximate surface area is 160 Å². The van der Waals surface area contributed by atoms with E-state index in [1.807, 2.05) is 18.2 Å². The standard InChI is InChI=1S/C18H14Cl2N4O2/c1-26-17-9-8-15(23-24-17)11-2-5-13(6-3-11)21-18(25)22-16-7-4-12(19)10-14(16)20/h2-10H,1H3,(H2,21,22,25). The molecule has 0 unspecified atom stereocenters. The van der Waals surface area contributed by atoms with E-state index in [-0.39, 0.29) is 0 Å². The van der Waals surface area contributed by atoms with Crippen molar-refractivity contribution in [2.75, 3.05) is 17.7 Å². The van der Waals surface area contributed by atoms with Crippen LogP contribution in [0, 0.1) is 0 Å². The van der Waals surface area contributed by atoms with Gasteiger partial charge in [0, 0.05) is 22.3 Å². The molecule has 26 heavy (non-hydrogen) atoms. The van der Waals surface area contributed by atoms with Crippen LogP contribution in [-0.2, 0) is 0 Å². The molecule has 1 heterocycles. The number of carbonyl (C=O) groups is 1. The van der Waals surface area contributed by atoms with Crippen LogP contribution in [0.1, 0.15) is 0 Å². The summed E-state index contributed by atoms with van der Waals surface area (Å²) >= 11 is 11.9. The lowest BCUT2D eigenvalue weighted by Gasteiger charge is -2.10. The molecule has 132 valence electrons. The lowest BCUT2D eigenvalue weighted by molar-refractivity contribution is 0.262. The molecule has 0 aliphatic rings. The number of aromatic nitrogens is 2. The van der Waals surface area contributed by atoms with Crippen molar-refractivity contribution in [1.29, 1.82) is 0 Å². The maximum Gasteiger partial charge on any atom is 0.323 e. The summed E-state index contributed by atoms with van der Waals surface area (Å²) in [6.07, 6.45) is 0. The second-order valence-electron chi connectivity index (χ2n) is 5.24. The first kappa shape index (κ1) is 18.0. The number of ether oxygens (including phenoxy) is 1. The number of anilines is 2. The monoisotopic (exact) mass is 388 g/mol. The Hall–Kier alpha value is -2.83. The normalized spacial score (nSPS) is 10.3. The van der Waals surface area contributed by atoms with E-state index < -0.39 is 6.03 Å².